The van der Waals surface area contributed by atoms with E-state index in [4.69, 9.17) is 4.42 Å². The Kier molecular flexibility index (Phi) is 5.21. The van der Waals surface area contributed by atoms with Gasteiger partial charge in [0.1, 0.15) is 5.76 Å². The number of pyridine rings is 1. The fourth-order valence-corrected chi connectivity index (χ4v) is 3.36. The molecule has 1 fully saturated rings. The molecule has 0 unspecified atom stereocenters. The van der Waals surface area contributed by atoms with Gasteiger partial charge in [-0.2, -0.15) is 13.2 Å². The fourth-order valence-electron chi connectivity index (χ4n) is 3.36. The number of hydrogen-bond donors (Lipinski definition) is 2. The quantitative estimate of drug-likeness (QED) is 0.666. The topological polar surface area (TPSA) is 78.6 Å². The number of benzene rings is 1. The van der Waals surface area contributed by atoms with Gasteiger partial charge in [0, 0.05) is 31.0 Å². The Morgan fingerprint density at radius 1 is 1.17 bits per heavy atom. The van der Waals surface area contributed by atoms with Crippen molar-refractivity contribution in [3.63, 3.8) is 0 Å². The van der Waals surface area contributed by atoms with E-state index in [0.717, 1.165) is 17.7 Å². The molecule has 1 aromatic carbocycles. The minimum atomic E-state index is -4.55. The van der Waals surface area contributed by atoms with Crippen molar-refractivity contribution in [3.8, 4) is 11.3 Å². The van der Waals surface area contributed by atoms with Crippen LogP contribution in [0.4, 0.5) is 24.5 Å². The highest BCUT2D eigenvalue weighted by Gasteiger charge is 2.32. The van der Waals surface area contributed by atoms with Crippen LogP contribution in [-0.2, 0) is 6.18 Å². The number of amides is 1. The van der Waals surface area contributed by atoms with E-state index in [-0.39, 0.29) is 18.0 Å². The Morgan fingerprint density at radius 2 is 1.93 bits per heavy atom. The molecule has 6 nitrogen and oxygen atoms in total. The third kappa shape index (κ3) is 4.16. The first-order valence-corrected chi connectivity index (χ1v) is 9.27. The van der Waals surface area contributed by atoms with E-state index in [1.807, 2.05) is 0 Å². The van der Waals surface area contributed by atoms with Gasteiger partial charge in [-0.3, -0.25) is 9.78 Å². The summed E-state index contributed by atoms with van der Waals surface area (Å²) in [6.45, 7) is 0.753. The summed E-state index contributed by atoms with van der Waals surface area (Å²) in [6, 6.07) is 9.65. The summed E-state index contributed by atoms with van der Waals surface area (Å²) >= 11 is 0. The molecule has 0 bridgehead atoms. The Morgan fingerprint density at radius 3 is 2.60 bits per heavy atom. The summed E-state index contributed by atoms with van der Waals surface area (Å²) in [4.78, 5) is 18.3. The monoisotopic (exact) mass is 417 g/mol. The van der Waals surface area contributed by atoms with Crippen LogP contribution in [0, 0.1) is 0 Å². The third-order valence-corrected chi connectivity index (χ3v) is 4.87. The van der Waals surface area contributed by atoms with Crippen molar-refractivity contribution in [1.82, 2.24) is 4.98 Å². The number of halogens is 3. The van der Waals surface area contributed by atoms with Gasteiger partial charge in [-0.1, -0.05) is 0 Å². The Labute approximate surface area is 170 Å². The van der Waals surface area contributed by atoms with Crippen LogP contribution in [0.1, 0.15) is 22.5 Å². The molecule has 1 aliphatic heterocycles. The molecule has 0 radical (unpaired) electrons. The third-order valence-electron chi connectivity index (χ3n) is 4.87. The molecule has 4 rings (SSSR count). The maximum atomic E-state index is 13.2. The predicted octanol–water partition coefficient (Wildman–Crippen LogP) is 4.18. The van der Waals surface area contributed by atoms with Crippen molar-refractivity contribution < 1.29 is 27.5 Å². The van der Waals surface area contributed by atoms with Crippen LogP contribution in [0.25, 0.3) is 11.3 Å². The van der Waals surface area contributed by atoms with Crippen LogP contribution in [0.5, 0.6) is 0 Å². The second kappa shape index (κ2) is 7.83. The maximum Gasteiger partial charge on any atom is 0.416 e. The van der Waals surface area contributed by atoms with Gasteiger partial charge in [0.05, 0.1) is 23.0 Å². The number of alkyl halides is 3. The molecule has 1 saturated heterocycles. The molecule has 3 aromatic rings. The van der Waals surface area contributed by atoms with Gasteiger partial charge in [-0.15, -0.1) is 0 Å². The lowest BCUT2D eigenvalue weighted by Crippen LogP contribution is -2.24. The minimum Gasteiger partial charge on any atom is -0.451 e. The Hall–Kier alpha value is -3.33. The SMILES string of the molecule is O=C(Nc1cc(C(F)(F)F)ccc1N1CC[C@H](O)C1)c1ccc(-c2ccncc2)o1. The second-order valence-corrected chi connectivity index (χ2v) is 6.97. The number of carbonyl (C=O) groups is 1. The van der Waals surface area contributed by atoms with Crippen LogP contribution < -0.4 is 10.2 Å². The number of nitrogens with one attached hydrogen (secondary N) is 1. The van der Waals surface area contributed by atoms with E-state index in [2.05, 4.69) is 10.3 Å². The highest BCUT2D eigenvalue weighted by molar-refractivity contribution is 6.04. The lowest BCUT2D eigenvalue weighted by Gasteiger charge is -2.22. The highest BCUT2D eigenvalue weighted by Crippen LogP contribution is 2.37. The van der Waals surface area contributed by atoms with Crippen molar-refractivity contribution in [2.75, 3.05) is 23.3 Å². The zero-order valence-corrected chi connectivity index (χ0v) is 15.7. The van der Waals surface area contributed by atoms with Gasteiger partial charge >= 0.3 is 6.18 Å². The van der Waals surface area contributed by atoms with Crippen molar-refractivity contribution >= 4 is 17.3 Å². The number of aliphatic hydroxyl groups excluding tert-OH is 1. The number of hydrogen-bond acceptors (Lipinski definition) is 5. The van der Waals surface area contributed by atoms with E-state index in [1.54, 1.807) is 35.5 Å². The summed E-state index contributed by atoms with van der Waals surface area (Å²) in [7, 11) is 0. The number of β-amino-alcohol motifs (C(OH)–C–C–N with tert-alkyl or cyclic N) is 1. The molecule has 0 spiro atoms. The Balaban J connectivity index is 1.62. The number of aromatic nitrogens is 1. The van der Waals surface area contributed by atoms with Gasteiger partial charge in [-0.05, 0) is 48.9 Å². The molecule has 0 saturated carbocycles. The first-order valence-electron chi connectivity index (χ1n) is 9.27. The fraction of sp³-hybridized carbons (Fsp3) is 0.238. The van der Waals surface area contributed by atoms with E-state index < -0.39 is 23.8 Å². The number of nitrogens with zero attached hydrogens (tertiary/aromatic N) is 2. The summed E-state index contributed by atoms with van der Waals surface area (Å²) in [5.74, 6) is -0.267. The van der Waals surface area contributed by atoms with Crippen LogP contribution in [0.15, 0.2) is 59.3 Å². The molecule has 1 aliphatic rings. The van der Waals surface area contributed by atoms with E-state index >= 15 is 0 Å². The molecule has 30 heavy (non-hydrogen) atoms. The number of rotatable bonds is 4. The molecular weight excluding hydrogens is 399 g/mol. The summed E-state index contributed by atoms with van der Waals surface area (Å²) in [6.07, 6.45) is -1.46. The number of furan rings is 1. The first kappa shape index (κ1) is 20.0. The first-order chi connectivity index (χ1) is 14.3. The smallest absolute Gasteiger partial charge is 0.416 e. The van der Waals surface area contributed by atoms with Crippen LogP contribution in [0.2, 0.25) is 0 Å². The molecule has 1 amide bonds. The molecule has 9 heteroatoms. The van der Waals surface area contributed by atoms with Gasteiger partial charge in [0.15, 0.2) is 5.76 Å². The molecule has 0 aliphatic carbocycles. The van der Waals surface area contributed by atoms with Gasteiger partial charge in [0.25, 0.3) is 5.91 Å². The Bertz CT molecular complexity index is 1050. The molecule has 2 aromatic heterocycles. The predicted molar refractivity (Wildman–Crippen MR) is 104 cm³/mol. The van der Waals surface area contributed by atoms with Gasteiger partial charge in [-0.25, -0.2) is 0 Å². The number of carbonyl (C=O) groups excluding carboxylic acids is 1. The second-order valence-electron chi connectivity index (χ2n) is 6.97. The molecule has 1 atom stereocenters. The van der Waals surface area contributed by atoms with E-state index in [1.165, 1.54) is 12.1 Å². The van der Waals surface area contributed by atoms with Crippen molar-refractivity contribution in [2.45, 2.75) is 18.7 Å². The molecule has 2 N–H and O–H groups in total. The zero-order valence-electron chi connectivity index (χ0n) is 15.7. The summed E-state index contributed by atoms with van der Waals surface area (Å²) in [5.41, 5.74) is 0.257. The van der Waals surface area contributed by atoms with Gasteiger partial charge < -0.3 is 19.7 Å². The van der Waals surface area contributed by atoms with E-state index in [0.29, 0.717) is 24.4 Å². The standard InChI is InChI=1S/C21H18F3N3O3/c22-21(23,24)14-1-2-17(27-10-7-15(28)12-27)16(11-14)26-20(29)19-4-3-18(30-19)13-5-8-25-9-6-13/h1-6,8-9,11,15,28H,7,10,12H2,(H,26,29)/t15-/m0/s1. The highest BCUT2D eigenvalue weighted by atomic mass is 19.4. The van der Waals surface area contributed by atoms with Crippen LogP contribution in [-0.4, -0.2) is 35.2 Å². The average Bonchev–Trinajstić information content (AvgIpc) is 3.37. The average molecular weight is 417 g/mol. The van der Waals surface area contributed by atoms with Crippen molar-refractivity contribution in [2.24, 2.45) is 0 Å². The van der Waals surface area contributed by atoms with Crippen LogP contribution >= 0.6 is 0 Å². The van der Waals surface area contributed by atoms with Crippen molar-refractivity contribution in [1.29, 1.82) is 0 Å². The molecule has 156 valence electrons. The van der Waals surface area contributed by atoms with Gasteiger partial charge in [0.2, 0.25) is 0 Å². The number of aliphatic hydroxyl groups is 1. The maximum absolute atomic E-state index is 13.2. The van der Waals surface area contributed by atoms with E-state index in [9.17, 15) is 23.1 Å². The lowest BCUT2D eigenvalue weighted by atomic mass is 10.1. The lowest BCUT2D eigenvalue weighted by molar-refractivity contribution is -0.137. The number of anilines is 2. The normalized spacial score (nSPS) is 16.7. The van der Waals surface area contributed by atoms with Crippen LogP contribution in [0.3, 0.4) is 0 Å². The summed E-state index contributed by atoms with van der Waals surface area (Å²) in [5, 5.41) is 12.3. The largest absolute Gasteiger partial charge is 0.451 e. The molecule has 3 heterocycles. The minimum absolute atomic E-state index is 0.00536. The van der Waals surface area contributed by atoms with Crippen molar-refractivity contribution in [3.05, 3.63) is 66.2 Å². The molecular formula is C21H18F3N3O3. The zero-order chi connectivity index (χ0) is 21.3. The summed E-state index contributed by atoms with van der Waals surface area (Å²) < 4.78 is 45.2.